The fraction of sp³-hybridized carbons (Fsp3) is 0.294. The Morgan fingerprint density at radius 3 is 2.23 bits per heavy atom. The maximum absolute atomic E-state index is 12.1. The molecule has 0 bridgehead atoms. The Hall–Kier alpha value is -2.01. The monoisotopic (exact) mass is 319 g/mol. The quantitative estimate of drug-likeness (QED) is 0.847. The molecule has 2 rings (SSSR count). The van der Waals surface area contributed by atoms with Crippen molar-refractivity contribution in [2.45, 2.75) is 19.6 Å². The van der Waals surface area contributed by atoms with Crippen molar-refractivity contribution in [1.82, 2.24) is 0 Å². The first-order valence-corrected chi connectivity index (χ1v) is 8.87. The van der Waals surface area contributed by atoms with E-state index in [1.54, 1.807) is 36.4 Å². The molecule has 0 aliphatic carbocycles. The smallest absolute Gasteiger partial charge is 0.236 e. The lowest BCUT2D eigenvalue weighted by Gasteiger charge is -2.11. The van der Waals surface area contributed by atoms with Crippen LogP contribution in [0.3, 0.4) is 0 Å². The maximum Gasteiger partial charge on any atom is 0.236 e. The minimum absolute atomic E-state index is 0.0422. The van der Waals surface area contributed by atoms with Crippen LogP contribution >= 0.6 is 0 Å². The first kappa shape index (κ1) is 16.4. The Balaban J connectivity index is 1.97. The van der Waals surface area contributed by atoms with E-state index in [4.69, 9.17) is 4.74 Å². The highest BCUT2D eigenvalue weighted by Crippen LogP contribution is 2.18. The van der Waals surface area contributed by atoms with Gasteiger partial charge in [-0.05, 0) is 35.7 Å². The minimum atomic E-state index is -3.42. The topological polar surface area (TPSA) is 55.4 Å². The van der Waals surface area contributed by atoms with Crippen molar-refractivity contribution in [2.75, 3.05) is 11.3 Å². The third-order valence-electron chi connectivity index (χ3n) is 2.91. The minimum Gasteiger partial charge on any atom is -0.493 e. The molecule has 0 amide bonds. The van der Waals surface area contributed by atoms with E-state index in [0.717, 1.165) is 11.3 Å². The third kappa shape index (κ3) is 5.41. The van der Waals surface area contributed by atoms with Gasteiger partial charge < -0.3 is 4.74 Å². The first-order valence-electron chi connectivity index (χ1n) is 7.22. The summed E-state index contributed by atoms with van der Waals surface area (Å²) in [5.74, 6) is 1.14. The Labute approximate surface area is 132 Å². The van der Waals surface area contributed by atoms with Gasteiger partial charge in [0, 0.05) is 5.69 Å². The molecule has 0 aliphatic heterocycles. The maximum atomic E-state index is 12.1. The molecule has 0 aromatic heterocycles. The van der Waals surface area contributed by atoms with E-state index in [1.807, 2.05) is 18.2 Å². The van der Waals surface area contributed by atoms with Crippen LogP contribution < -0.4 is 9.46 Å². The van der Waals surface area contributed by atoms with Crippen LogP contribution in [0.5, 0.6) is 5.75 Å². The second-order valence-corrected chi connectivity index (χ2v) is 7.30. The number of anilines is 1. The van der Waals surface area contributed by atoms with Crippen molar-refractivity contribution in [3.05, 3.63) is 60.2 Å². The molecule has 0 aliphatic rings. The molecule has 5 heteroatoms. The van der Waals surface area contributed by atoms with Gasteiger partial charge in [0.05, 0.1) is 12.4 Å². The Morgan fingerprint density at radius 1 is 1.00 bits per heavy atom. The predicted molar refractivity (Wildman–Crippen MR) is 89.5 cm³/mol. The molecule has 1 N–H and O–H groups in total. The van der Waals surface area contributed by atoms with Gasteiger partial charge in [-0.15, -0.1) is 0 Å². The number of rotatable bonds is 7. The average molecular weight is 319 g/mol. The normalized spacial score (nSPS) is 11.4. The highest BCUT2D eigenvalue weighted by Gasteiger charge is 2.11. The highest BCUT2D eigenvalue weighted by molar-refractivity contribution is 7.91. The first-order chi connectivity index (χ1) is 10.4. The van der Waals surface area contributed by atoms with Crippen LogP contribution in [-0.4, -0.2) is 15.0 Å². The largest absolute Gasteiger partial charge is 0.493 e. The SMILES string of the molecule is CC(C)COc1ccc(NS(=O)(=O)Cc2ccccc2)cc1. The molecule has 2 aromatic rings. The standard InChI is InChI=1S/C17H21NO3S/c1-14(2)12-21-17-10-8-16(9-11-17)18-22(19,20)13-15-6-4-3-5-7-15/h3-11,14,18H,12-13H2,1-2H3. The lowest BCUT2D eigenvalue weighted by atomic mass is 10.2. The number of sulfonamides is 1. The Kier molecular flexibility index (Phi) is 5.44. The second kappa shape index (κ2) is 7.31. The van der Waals surface area contributed by atoms with Crippen molar-refractivity contribution < 1.29 is 13.2 Å². The molecule has 0 heterocycles. The van der Waals surface area contributed by atoms with Gasteiger partial charge >= 0.3 is 0 Å². The summed E-state index contributed by atoms with van der Waals surface area (Å²) in [6, 6.07) is 16.0. The van der Waals surface area contributed by atoms with Crippen molar-refractivity contribution in [3.8, 4) is 5.75 Å². The second-order valence-electron chi connectivity index (χ2n) is 5.58. The molecule has 0 radical (unpaired) electrons. The molecule has 0 saturated carbocycles. The molecular weight excluding hydrogens is 298 g/mol. The van der Waals surface area contributed by atoms with E-state index in [1.165, 1.54) is 0 Å². The fourth-order valence-corrected chi connectivity index (χ4v) is 3.09. The van der Waals surface area contributed by atoms with Crippen LogP contribution in [0.2, 0.25) is 0 Å². The molecular formula is C17H21NO3S. The average Bonchev–Trinajstić information content (AvgIpc) is 2.46. The van der Waals surface area contributed by atoms with Gasteiger partial charge in [-0.1, -0.05) is 44.2 Å². The van der Waals surface area contributed by atoms with Crippen molar-refractivity contribution in [3.63, 3.8) is 0 Å². The third-order valence-corrected chi connectivity index (χ3v) is 4.17. The Bertz CT molecular complexity index is 680. The molecule has 2 aromatic carbocycles. The number of hydrogen-bond donors (Lipinski definition) is 1. The zero-order valence-electron chi connectivity index (χ0n) is 12.8. The zero-order chi connectivity index (χ0) is 16.0. The fourth-order valence-electron chi connectivity index (χ4n) is 1.89. The number of hydrogen-bond acceptors (Lipinski definition) is 3. The van der Waals surface area contributed by atoms with E-state index in [9.17, 15) is 8.42 Å². The summed E-state index contributed by atoms with van der Waals surface area (Å²) in [5.41, 5.74) is 1.29. The summed E-state index contributed by atoms with van der Waals surface area (Å²) in [6.45, 7) is 4.79. The molecule has 0 fully saturated rings. The van der Waals surface area contributed by atoms with Gasteiger partial charge in [0.15, 0.2) is 0 Å². The van der Waals surface area contributed by atoms with E-state index >= 15 is 0 Å². The van der Waals surface area contributed by atoms with Crippen molar-refractivity contribution in [2.24, 2.45) is 5.92 Å². The zero-order valence-corrected chi connectivity index (χ0v) is 13.6. The Morgan fingerprint density at radius 2 is 1.64 bits per heavy atom. The van der Waals surface area contributed by atoms with Crippen LogP contribution in [0.25, 0.3) is 0 Å². The number of benzene rings is 2. The molecule has 0 unspecified atom stereocenters. The lowest BCUT2D eigenvalue weighted by Crippen LogP contribution is -2.15. The van der Waals surface area contributed by atoms with Gasteiger partial charge in [0.25, 0.3) is 0 Å². The van der Waals surface area contributed by atoms with Crippen molar-refractivity contribution >= 4 is 15.7 Å². The van der Waals surface area contributed by atoms with Gasteiger partial charge in [0.2, 0.25) is 10.0 Å². The van der Waals surface area contributed by atoms with E-state index < -0.39 is 10.0 Å². The van der Waals surface area contributed by atoms with Crippen LogP contribution in [0.4, 0.5) is 5.69 Å². The van der Waals surface area contributed by atoms with Gasteiger partial charge in [0.1, 0.15) is 5.75 Å². The molecule has 22 heavy (non-hydrogen) atoms. The van der Waals surface area contributed by atoms with Gasteiger partial charge in [-0.3, -0.25) is 4.72 Å². The molecule has 0 atom stereocenters. The lowest BCUT2D eigenvalue weighted by molar-refractivity contribution is 0.271. The summed E-state index contributed by atoms with van der Waals surface area (Å²) in [5, 5.41) is 0. The summed E-state index contributed by atoms with van der Waals surface area (Å²) < 4.78 is 32.4. The number of nitrogens with one attached hydrogen (secondary N) is 1. The van der Waals surface area contributed by atoms with Crippen molar-refractivity contribution in [1.29, 1.82) is 0 Å². The van der Waals surface area contributed by atoms with Crippen LogP contribution in [0, 0.1) is 5.92 Å². The molecule has 118 valence electrons. The number of ether oxygens (including phenoxy) is 1. The van der Waals surface area contributed by atoms with E-state index in [0.29, 0.717) is 18.2 Å². The summed E-state index contributed by atoms with van der Waals surface area (Å²) in [6.07, 6.45) is 0. The highest BCUT2D eigenvalue weighted by atomic mass is 32.2. The van der Waals surface area contributed by atoms with Crippen LogP contribution in [-0.2, 0) is 15.8 Å². The summed E-state index contributed by atoms with van der Waals surface area (Å²) >= 11 is 0. The summed E-state index contributed by atoms with van der Waals surface area (Å²) in [4.78, 5) is 0. The predicted octanol–water partition coefficient (Wildman–Crippen LogP) is 3.66. The molecule has 0 spiro atoms. The summed E-state index contributed by atoms with van der Waals surface area (Å²) in [7, 11) is -3.42. The van der Waals surface area contributed by atoms with Crippen LogP contribution in [0.1, 0.15) is 19.4 Å². The van der Waals surface area contributed by atoms with Gasteiger partial charge in [-0.2, -0.15) is 0 Å². The molecule has 4 nitrogen and oxygen atoms in total. The van der Waals surface area contributed by atoms with Crippen LogP contribution in [0.15, 0.2) is 54.6 Å². The van der Waals surface area contributed by atoms with E-state index in [-0.39, 0.29) is 5.75 Å². The molecule has 0 saturated heterocycles. The van der Waals surface area contributed by atoms with E-state index in [2.05, 4.69) is 18.6 Å². The van der Waals surface area contributed by atoms with Gasteiger partial charge in [-0.25, -0.2) is 8.42 Å².